The zero-order chi connectivity index (χ0) is 13.2. The molecule has 1 fully saturated rings. The van der Waals surface area contributed by atoms with Crippen LogP contribution in [0.2, 0.25) is 0 Å². The summed E-state index contributed by atoms with van der Waals surface area (Å²) >= 11 is 1.65. The number of rotatable bonds is 3. The summed E-state index contributed by atoms with van der Waals surface area (Å²) in [7, 11) is 0. The molecule has 0 radical (unpaired) electrons. The van der Waals surface area contributed by atoms with Gasteiger partial charge in [0.2, 0.25) is 5.91 Å². The summed E-state index contributed by atoms with van der Waals surface area (Å²) in [5.41, 5.74) is 0. The van der Waals surface area contributed by atoms with E-state index in [9.17, 15) is 4.79 Å². The average Bonchev–Trinajstić information content (AvgIpc) is 3.15. The van der Waals surface area contributed by atoms with E-state index < -0.39 is 0 Å². The number of nitrogens with zero attached hydrogens (tertiary/aromatic N) is 3. The van der Waals surface area contributed by atoms with Gasteiger partial charge >= 0.3 is 0 Å². The molecule has 5 heteroatoms. The maximum Gasteiger partial charge on any atom is 0.245 e. The lowest BCUT2D eigenvalue weighted by atomic mass is 10.2. The fraction of sp³-hybridized carbons (Fsp3) is 0.429. The Kier molecular flexibility index (Phi) is 3.38. The Bertz CT molecular complexity index is 555. The Hall–Kier alpha value is -1.62. The number of amides is 1. The van der Waals surface area contributed by atoms with Crippen LogP contribution in [0.25, 0.3) is 10.7 Å². The Morgan fingerprint density at radius 3 is 2.89 bits per heavy atom. The van der Waals surface area contributed by atoms with E-state index in [4.69, 9.17) is 0 Å². The van der Waals surface area contributed by atoms with Crippen LogP contribution in [0.15, 0.2) is 29.9 Å². The molecule has 3 heterocycles. The molecule has 1 unspecified atom stereocenters. The van der Waals surface area contributed by atoms with Crippen molar-refractivity contribution in [2.24, 2.45) is 0 Å². The summed E-state index contributed by atoms with van der Waals surface area (Å²) in [6.07, 6.45) is 5.91. The number of likely N-dealkylation sites (tertiary alicyclic amines) is 1. The van der Waals surface area contributed by atoms with Crippen molar-refractivity contribution < 1.29 is 4.79 Å². The summed E-state index contributed by atoms with van der Waals surface area (Å²) in [5.74, 6) is 1.09. The van der Waals surface area contributed by atoms with Crippen molar-refractivity contribution in [3.63, 3.8) is 0 Å². The van der Waals surface area contributed by atoms with Gasteiger partial charge < -0.3 is 9.47 Å². The highest BCUT2D eigenvalue weighted by atomic mass is 32.1. The van der Waals surface area contributed by atoms with Crippen molar-refractivity contribution in [3.05, 3.63) is 29.9 Å². The molecule has 0 bridgehead atoms. The van der Waals surface area contributed by atoms with Gasteiger partial charge in [-0.15, -0.1) is 11.3 Å². The van der Waals surface area contributed by atoms with Gasteiger partial charge in [0, 0.05) is 25.5 Å². The minimum Gasteiger partial charge on any atom is -0.341 e. The molecule has 1 amide bonds. The van der Waals surface area contributed by atoms with Crippen LogP contribution in [0.3, 0.4) is 0 Å². The first-order chi connectivity index (χ1) is 9.27. The van der Waals surface area contributed by atoms with Crippen molar-refractivity contribution in [3.8, 4) is 10.7 Å². The lowest BCUT2D eigenvalue weighted by Crippen LogP contribution is -2.33. The third-order valence-electron chi connectivity index (χ3n) is 3.60. The van der Waals surface area contributed by atoms with E-state index in [-0.39, 0.29) is 11.9 Å². The van der Waals surface area contributed by atoms with Gasteiger partial charge in [-0.05, 0) is 31.2 Å². The zero-order valence-electron chi connectivity index (χ0n) is 11.0. The smallest absolute Gasteiger partial charge is 0.245 e. The van der Waals surface area contributed by atoms with E-state index >= 15 is 0 Å². The van der Waals surface area contributed by atoms with Crippen molar-refractivity contribution in [2.75, 3.05) is 13.1 Å². The maximum atomic E-state index is 12.4. The second kappa shape index (κ2) is 5.17. The maximum absolute atomic E-state index is 12.4. The number of imidazole rings is 1. The van der Waals surface area contributed by atoms with Gasteiger partial charge in [-0.1, -0.05) is 6.07 Å². The molecule has 2 aromatic heterocycles. The molecule has 2 aromatic rings. The molecule has 0 aliphatic carbocycles. The first-order valence-electron chi connectivity index (χ1n) is 6.63. The van der Waals surface area contributed by atoms with E-state index in [2.05, 4.69) is 4.98 Å². The molecule has 1 aliphatic rings. The lowest BCUT2D eigenvalue weighted by molar-refractivity contribution is -0.133. The number of hydrogen-bond donors (Lipinski definition) is 0. The summed E-state index contributed by atoms with van der Waals surface area (Å²) in [4.78, 5) is 19.9. The predicted molar refractivity (Wildman–Crippen MR) is 76.1 cm³/mol. The van der Waals surface area contributed by atoms with Crippen molar-refractivity contribution in [1.29, 1.82) is 0 Å². The van der Waals surface area contributed by atoms with E-state index in [0.29, 0.717) is 0 Å². The molecule has 1 atom stereocenters. The second-order valence-corrected chi connectivity index (χ2v) is 5.79. The van der Waals surface area contributed by atoms with Crippen LogP contribution in [0.1, 0.15) is 25.8 Å². The molecule has 1 saturated heterocycles. The van der Waals surface area contributed by atoms with Crippen LogP contribution in [0.5, 0.6) is 0 Å². The van der Waals surface area contributed by atoms with Gasteiger partial charge in [-0.2, -0.15) is 0 Å². The summed E-state index contributed by atoms with van der Waals surface area (Å²) in [5, 5.41) is 2.03. The molecule has 0 N–H and O–H groups in total. The Balaban J connectivity index is 1.86. The van der Waals surface area contributed by atoms with E-state index in [1.54, 1.807) is 17.5 Å². The first kappa shape index (κ1) is 12.4. The number of aromatic nitrogens is 2. The summed E-state index contributed by atoms with van der Waals surface area (Å²) in [6, 6.07) is 3.86. The zero-order valence-corrected chi connectivity index (χ0v) is 11.8. The number of thiophene rings is 1. The molecular weight excluding hydrogens is 258 g/mol. The fourth-order valence-corrected chi connectivity index (χ4v) is 3.27. The molecule has 0 spiro atoms. The van der Waals surface area contributed by atoms with Crippen LogP contribution in [-0.4, -0.2) is 33.4 Å². The fourth-order valence-electron chi connectivity index (χ4n) is 2.54. The molecule has 19 heavy (non-hydrogen) atoms. The van der Waals surface area contributed by atoms with Crippen molar-refractivity contribution in [2.45, 2.75) is 25.8 Å². The quantitative estimate of drug-likeness (QED) is 0.864. The number of carbonyl (C=O) groups is 1. The van der Waals surface area contributed by atoms with Gasteiger partial charge in [-0.3, -0.25) is 4.79 Å². The van der Waals surface area contributed by atoms with Gasteiger partial charge in [0.05, 0.1) is 4.88 Å². The molecule has 1 aliphatic heterocycles. The lowest BCUT2D eigenvalue weighted by Gasteiger charge is -2.22. The standard InChI is InChI=1S/C14H17N3OS/c1-11(14(18)16-7-2-3-8-16)17-9-6-15-13(17)12-5-4-10-19-12/h4-6,9-11H,2-3,7-8H2,1H3. The Labute approximate surface area is 116 Å². The van der Waals surface area contributed by atoms with E-state index in [1.807, 2.05) is 40.1 Å². The second-order valence-electron chi connectivity index (χ2n) is 4.84. The normalized spacial score (nSPS) is 16.8. The Morgan fingerprint density at radius 2 is 2.21 bits per heavy atom. The third kappa shape index (κ3) is 2.30. The highest BCUT2D eigenvalue weighted by Gasteiger charge is 2.25. The monoisotopic (exact) mass is 275 g/mol. The van der Waals surface area contributed by atoms with Gasteiger partial charge in [-0.25, -0.2) is 4.98 Å². The predicted octanol–water partition coefficient (Wildman–Crippen LogP) is 2.80. The van der Waals surface area contributed by atoms with Crippen LogP contribution in [-0.2, 0) is 4.79 Å². The molecule has 0 saturated carbocycles. The van der Waals surface area contributed by atoms with Crippen LogP contribution in [0.4, 0.5) is 0 Å². The van der Waals surface area contributed by atoms with Crippen LogP contribution < -0.4 is 0 Å². The number of hydrogen-bond acceptors (Lipinski definition) is 3. The minimum atomic E-state index is -0.183. The first-order valence-corrected chi connectivity index (χ1v) is 7.51. The molecule has 100 valence electrons. The SMILES string of the molecule is CC(C(=O)N1CCCC1)n1ccnc1-c1cccs1. The van der Waals surface area contributed by atoms with E-state index in [1.165, 1.54) is 0 Å². The number of carbonyl (C=O) groups excluding carboxylic acids is 1. The van der Waals surface area contributed by atoms with Gasteiger partial charge in [0.15, 0.2) is 5.82 Å². The molecular formula is C14H17N3OS. The summed E-state index contributed by atoms with van der Waals surface area (Å²) < 4.78 is 1.98. The minimum absolute atomic E-state index is 0.183. The highest BCUT2D eigenvalue weighted by molar-refractivity contribution is 7.13. The topological polar surface area (TPSA) is 38.1 Å². The molecule has 4 nitrogen and oxygen atoms in total. The summed E-state index contributed by atoms with van der Waals surface area (Å²) in [6.45, 7) is 3.75. The van der Waals surface area contributed by atoms with Crippen LogP contribution >= 0.6 is 11.3 Å². The third-order valence-corrected chi connectivity index (χ3v) is 4.47. The van der Waals surface area contributed by atoms with Crippen LogP contribution in [0, 0.1) is 0 Å². The average molecular weight is 275 g/mol. The van der Waals surface area contributed by atoms with E-state index in [0.717, 1.165) is 36.6 Å². The van der Waals surface area contributed by atoms with Crippen molar-refractivity contribution >= 4 is 17.2 Å². The molecule has 0 aromatic carbocycles. The van der Waals surface area contributed by atoms with Gasteiger partial charge in [0.1, 0.15) is 6.04 Å². The van der Waals surface area contributed by atoms with Crippen molar-refractivity contribution in [1.82, 2.24) is 14.5 Å². The largest absolute Gasteiger partial charge is 0.341 e. The highest BCUT2D eigenvalue weighted by Crippen LogP contribution is 2.26. The Morgan fingerprint density at radius 1 is 1.42 bits per heavy atom. The molecule has 3 rings (SSSR count). The van der Waals surface area contributed by atoms with Gasteiger partial charge in [0.25, 0.3) is 0 Å².